The lowest BCUT2D eigenvalue weighted by Crippen LogP contribution is -2.13. The Labute approximate surface area is 106 Å². The van der Waals surface area contributed by atoms with E-state index >= 15 is 0 Å². The molecule has 1 heterocycles. The van der Waals surface area contributed by atoms with Crippen molar-refractivity contribution in [3.05, 3.63) is 55.9 Å². The Morgan fingerprint density at radius 2 is 2.06 bits per heavy atom. The normalized spacial score (nSPS) is 12.8. The SMILES string of the molecule is Cc1ccc(F)cc1C(N)c1cscc1Br. The molecular weight excluding hydrogens is 289 g/mol. The third-order valence-electron chi connectivity index (χ3n) is 2.55. The lowest BCUT2D eigenvalue weighted by atomic mass is 9.98. The van der Waals surface area contributed by atoms with E-state index in [9.17, 15) is 4.39 Å². The molecule has 2 aromatic rings. The summed E-state index contributed by atoms with van der Waals surface area (Å²) < 4.78 is 14.2. The van der Waals surface area contributed by atoms with Gasteiger partial charge in [0, 0.05) is 9.85 Å². The fraction of sp³-hybridized carbons (Fsp3) is 0.167. The quantitative estimate of drug-likeness (QED) is 0.891. The Balaban J connectivity index is 2.45. The van der Waals surface area contributed by atoms with Crippen molar-refractivity contribution in [2.24, 2.45) is 5.73 Å². The first-order valence-corrected chi connectivity index (χ1v) is 6.56. The molecule has 1 nitrogen and oxygen atoms in total. The molecule has 0 aliphatic heterocycles. The average molecular weight is 300 g/mol. The van der Waals surface area contributed by atoms with Crippen LogP contribution in [0.25, 0.3) is 0 Å². The molecule has 2 N–H and O–H groups in total. The Bertz CT molecular complexity index is 509. The van der Waals surface area contributed by atoms with Crippen LogP contribution in [0.1, 0.15) is 22.7 Å². The highest BCUT2D eigenvalue weighted by molar-refractivity contribution is 9.10. The summed E-state index contributed by atoms with van der Waals surface area (Å²) in [7, 11) is 0. The number of hydrogen-bond donors (Lipinski definition) is 1. The van der Waals surface area contributed by atoms with Crippen LogP contribution in [0.15, 0.2) is 33.4 Å². The maximum absolute atomic E-state index is 13.2. The molecule has 4 heteroatoms. The highest BCUT2D eigenvalue weighted by Crippen LogP contribution is 2.31. The molecule has 1 atom stereocenters. The van der Waals surface area contributed by atoms with Gasteiger partial charge in [0.25, 0.3) is 0 Å². The summed E-state index contributed by atoms with van der Waals surface area (Å²) in [5.41, 5.74) is 8.98. The predicted octanol–water partition coefficient (Wildman–Crippen LogP) is 4.01. The van der Waals surface area contributed by atoms with Crippen molar-refractivity contribution >= 4 is 27.3 Å². The molecule has 2 rings (SSSR count). The summed E-state index contributed by atoms with van der Waals surface area (Å²) in [6, 6.07) is 4.43. The molecule has 1 aromatic heterocycles. The molecule has 16 heavy (non-hydrogen) atoms. The molecule has 0 amide bonds. The number of aryl methyl sites for hydroxylation is 1. The minimum Gasteiger partial charge on any atom is -0.320 e. The van der Waals surface area contributed by atoms with Gasteiger partial charge in [-0.25, -0.2) is 4.39 Å². The fourth-order valence-electron chi connectivity index (χ4n) is 1.63. The number of nitrogens with two attached hydrogens (primary N) is 1. The minimum absolute atomic E-state index is 0.248. The highest BCUT2D eigenvalue weighted by atomic mass is 79.9. The second-order valence-electron chi connectivity index (χ2n) is 3.65. The van der Waals surface area contributed by atoms with Gasteiger partial charge in [-0.2, -0.15) is 11.3 Å². The van der Waals surface area contributed by atoms with Crippen molar-refractivity contribution in [3.63, 3.8) is 0 Å². The van der Waals surface area contributed by atoms with Gasteiger partial charge in [-0.15, -0.1) is 0 Å². The molecule has 0 radical (unpaired) electrons. The van der Waals surface area contributed by atoms with Gasteiger partial charge in [0.15, 0.2) is 0 Å². The topological polar surface area (TPSA) is 26.0 Å². The van der Waals surface area contributed by atoms with Gasteiger partial charge in [-0.05, 0) is 57.1 Å². The predicted molar refractivity (Wildman–Crippen MR) is 69.2 cm³/mol. The zero-order chi connectivity index (χ0) is 11.7. The fourth-order valence-corrected chi connectivity index (χ4v) is 3.21. The van der Waals surface area contributed by atoms with Crippen LogP contribution < -0.4 is 5.73 Å². The Hall–Kier alpha value is -0.710. The Morgan fingerprint density at radius 1 is 1.31 bits per heavy atom. The maximum Gasteiger partial charge on any atom is 0.123 e. The van der Waals surface area contributed by atoms with Gasteiger partial charge in [0.2, 0.25) is 0 Å². The van der Waals surface area contributed by atoms with Crippen LogP contribution in [-0.4, -0.2) is 0 Å². The summed E-state index contributed by atoms with van der Waals surface area (Å²) in [5, 5.41) is 3.96. The molecule has 0 fully saturated rings. The largest absolute Gasteiger partial charge is 0.320 e. The van der Waals surface area contributed by atoms with Gasteiger partial charge in [-0.1, -0.05) is 6.07 Å². The smallest absolute Gasteiger partial charge is 0.123 e. The van der Waals surface area contributed by atoms with Crippen molar-refractivity contribution in [2.75, 3.05) is 0 Å². The van der Waals surface area contributed by atoms with Crippen LogP contribution >= 0.6 is 27.3 Å². The monoisotopic (exact) mass is 299 g/mol. The molecule has 1 unspecified atom stereocenters. The zero-order valence-electron chi connectivity index (χ0n) is 8.71. The van der Waals surface area contributed by atoms with Crippen LogP contribution in [0, 0.1) is 12.7 Å². The van der Waals surface area contributed by atoms with Crippen molar-refractivity contribution in [1.82, 2.24) is 0 Å². The molecule has 0 bridgehead atoms. The third-order valence-corrected chi connectivity index (χ3v) is 4.31. The molecule has 0 spiro atoms. The second-order valence-corrected chi connectivity index (χ2v) is 5.25. The Kier molecular flexibility index (Phi) is 3.42. The number of rotatable bonds is 2. The number of thiophene rings is 1. The minimum atomic E-state index is -0.281. The van der Waals surface area contributed by atoms with E-state index in [-0.39, 0.29) is 11.9 Å². The van der Waals surface area contributed by atoms with Gasteiger partial charge < -0.3 is 5.73 Å². The number of hydrogen-bond acceptors (Lipinski definition) is 2. The highest BCUT2D eigenvalue weighted by Gasteiger charge is 2.15. The van der Waals surface area contributed by atoms with Crippen molar-refractivity contribution in [2.45, 2.75) is 13.0 Å². The standard InChI is InChI=1S/C12H11BrFNS/c1-7-2-3-8(14)4-9(7)12(15)10-5-16-6-11(10)13/h2-6,12H,15H2,1H3. The molecule has 0 aliphatic carbocycles. The lowest BCUT2D eigenvalue weighted by molar-refractivity contribution is 0.622. The molecule has 0 saturated carbocycles. The first-order chi connectivity index (χ1) is 7.59. The van der Waals surface area contributed by atoms with E-state index in [2.05, 4.69) is 15.9 Å². The average Bonchev–Trinajstić information content (AvgIpc) is 2.67. The summed E-state index contributed by atoms with van der Waals surface area (Å²) >= 11 is 5.02. The first-order valence-electron chi connectivity index (χ1n) is 4.83. The van der Waals surface area contributed by atoms with Gasteiger partial charge >= 0.3 is 0 Å². The summed E-state index contributed by atoms with van der Waals surface area (Å²) in [4.78, 5) is 0. The number of halogens is 2. The molecule has 84 valence electrons. The van der Waals surface area contributed by atoms with E-state index in [1.54, 1.807) is 17.4 Å². The van der Waals surface area contributed by atoms with E-state index in [0.29, 0.717) is 0 Å². The first kappa shape index (κ1) is 11.8. The zero-order valence-corrected chi connectivity index (χ0v) is 11.1. The summed E-state index contributed by atoms with van der Waals surface area (Å²) in [6.07, 6.45) is 0. The van der Waals surface area contributed by atoms with Crippen LogP contribution in [-0.2, 0) is 0 Å². The van der Waals surface area contributed by atoms with Crippen molar-refractivity contribution < 1.29 is 4.39 Å². The van der Waals surface area contributed by atoms with Gasteiger partial charge in [0.05, 0.1) is 6.04 Å². The van der Waals surface area contributed by atoms with Crippen LogP contribution in [0.2, 0.25) is 0 Å². The van der Waals surface area contributed by atoms with Gasteiger partial charge in [0.1, 0.15) is 5.82 Å². The summed E-state index contributed by atoms with van der Waals surface area (Å²) in [5.74, 6) is -0.248. The maximum atomic E-state index is 13.2. The molecule has 0 saturated heterocycles. The van der Waals surface area contributed by atoms with E-state index in [1.165, 1.54) is 12.1 Å². The van der Waals surface area contributed by atoms with E-state index < -0.39 is 0 Å². The summed E-state index contributed by atoms with van der Waals surface area (Å²) in [6.45, 7) is 1.94. The van der Waals surface area contributed by atoms with E-state index in [1.807, 2.05) is 17.7 Å². The lowest BCUT2D eigenvalue weighted by Gasteiger charge is -2.14. The van der Waals surface area contributed by atoms with Crippen LogP contribution in [0.3, 0.4) is 0 Å². The van der Waals surface area contributed by atoms with E-state index in [0.717, 1.165) is 21.2 Å². The van der Waals surface area contributed by atoms with E-state index in [4.69, 9.17) is 5.73 Å². The van der Waals surface area contributed by atoms with Crippen molar-refractivity contribution in [3.8, 4) is 0 Å². The Morgan fingerprint density at radius 3 is 2.69 bits per heavy atom. The van der Waals surface area contributed by atoms with Crippen LogP contribution in [0.5, 0.6) is 0 Å². The van der Waals surface area contributed by atoms with Crippen molar-refractivity contribution in [1.29, 1.82) is 0 Å². The second kappa shape index (κ2) is 4.65. The number of benzene rings is 1. The van der Waals surface area contributed by atoms with Crippen LogP contribution in [0.4, 0.5) is 4.39 Å². The van der Waals surface area contributed by atoms with Gasteiger partial charge in [-0.3, -0.25) is 0 Å². The molecule has 1 aromatic carbocycles. The molecule has 0 aliphatic rings. The molecular formula is C12H11BrFNS. The third kappa shape index (κ3) is 2.19.